The number of rotatable bonds is 6. The minimum Gasteiger partial charge on any atom is -0.289 e. The second kappa shape index (κ2) is 13.3. The molecule has 3 heterocycles. The van der Waals surface area contributed by atoms with E-state index in [0.717, 1.165) is 65.5 Å². The molecular weight excluding hydrogens is 657 g/mol. The summed E-state index contributed by atoms with van der Waals surface area (Å²) in [6.07, 6.45) is 8.09. The molecule has 0 spiro atoms. The van der Waals surface area contributed by atoms with Crippen LogP contribution in [-0.2, 0) is 9.59 Å². The Bertz CT molecular complexity index is 2120. The van der Waals surface area contributed by atoms with Crippen molar-refractivity contribution >= 4 is 56.7 Å². The maximum Gasteiger partial charge on any atom is 0.184 e. The molecule has 242 valence electrons. The molecule has 5 heteroatoms. The maximum absolute atomic E-state index is 12.8. The van der Waals surface area contributed by atoms with Crippen LogP contribution in [0, 0.1) is 13.8 Å². The second-order valence-electron chi connectivity index (χ2n) is 12.8. The van der Waals surface area contributed by atoms with Crippen LogP contribution < -0.4 is 0 Å². The van der Waals surface area contributed by atoms with E-state index < -0.39 is 0 Å². The van der Waals surface area contributed by atoms with E-state index in [1.165, 1.54) is 30.6 Å². The maximum atomic E-state index is 12.8. The summed E-state index contributed by atoms with van der Waals surface area (Å²) in [5.41, 5.74) is 11.8. The summed E-state index contributed by atoms with van der Waals surface area (Å²) in [7, 11) is 0. The van der Waals surface area contributed by atoms with Gasteiger partial charge >= 0.3 is 0 Å². The zero-order valence-corrected chi connectivity index (χ0v) is 30.9. The van der Waals surface area contributed by atoms with Gasteiger partial charge < -0.3 is 0 Å². The SMILES string of the molecule is CC1=CC(=C(c2ccc(-c3ccc(C)s3)cc2)c2ccc(C(=C3C=C(C)C(=O)C(C)=C3)c3ccc(-c4ccc(C)s4)cc3)s2)C=C(C)C1=O. The molecule has 0 fully saturated rings. The Morgan fingerprint density at radius 3 is 1.06 bits per heavy atom. The van der Waals surface area contributed by atoms with E-state index in [-0.39, 0.29) is 11.6 Å². The normalized spacial score (nSPS) is 14.8. The molecule has 0 amide bonds. The Morgan fingerprint density at radius 2 is 0.755 bits per heavy atom. The largest absolute Gasteiger partial charge is 0.289 e. The zero-order valence-electron chi connectivity index (χ0n) is 28.4. The number of ketones is 2. The average Bonchev–Trinajstić information content (AvgIpc) is 3.85. The third kappa shape index (κ3) is 6.54. The number of carbonyl (C=O) groups is 2. The summed E-state index contributed by atoms with van der Waals surface area (Å²) in [5.74, 6) is 0.172. The highest BCUT2D eigenvalue weighted by Crippen LogP contribution is 2.42. The van der Waals surface area contributed by atoms with Crippen LogP contribution in [0.15, 0.2) is 143 Å². The predicted octanol–water partition coefficient (Wildman–Crippen LogP) is 12.4. The van der Waals surface area contributed by atoms with E-state index in [2.05, 4.69) is 98.8 Å². The quantitative estimate of drug-likeness (QED) is 0.177. The minimum absolute atomic E-state index is 0.0858. The molecule has 0 saturated heterocycles. The van der Waals surface area contributed by atoms with E-state index >= 15 is 0 Å². The van der Waals surface area contributed by atoms with Gasteiger partial charge in [-0.3, -0.25) is 9.59 Å². The second-order valence-corrected chi connectivity index (χ2v) is 16.4. The number of hydrogen-bond acceptors (Lipinski definition) is 5. The molecule has 49 heavy (non-hydrogen) atoms. The molecular formula is C44H36O2S3. The van der Waals surface area contributed by atoms with Gasteiger partial charge in [0.25, 0.3) is 0 Å². The van der Waals surface area contributed by atoms with Gasteiger partial charge in [0.05, 0.1) is 0 Å². The fourth-order valence-electron chi connectivity index (χ4n) is 6.48. The molecule has 3 aromatic heterocycles. The van der Waals surface area contributed by atoms with Crippen LogP contribution in [0.4, 0.5) is 0 Å². The molecule has 0 saturated carbocycles. The van der Waals surface area contributed by atoms with Crippen molar-refractivity contribution in [3.8, 4) is 20.9 Å². The average molecular weight is 693 g/mol. The van der Waals surface area contributed by atoms with Crippen molar-refractivity contribution in [3.05, 3.63) is 173 Å². The molecule has 0 radical (unpaired) electrons. The number of Topliss-reactive ketones (excluding diaryl/α,β-unsaturated/α-hetero) is 2. The van der Waals surface area contributed by atoms with Gasteiger partial charge in [-0.2, -0.15) is 0 Å². The molecule has 2 nitrogen and oxygen atoms in total. The Morgan fingerprint density at radius 1 is 0.408 bits per heavy atom. The molecule has 0 N–H and O–H groups in total. The van der Waals surface area contributed by atoms with Crippen LogP contribution in [0.25, 0.3) is 32.0 Å². The van der Waals surface area contributed by atoms with E-state index in [9.17, 15) is 9.59 Å². The lowest BCUT2D eigenvalue weighted by Gasteiger charge is -2.17. The Kier molecular flexibility index (Phi) is 8.93. The summed E-state index contributed by atoms with van der Waals surface area (Å²) in [4.78, 5) is 32.9. The molecule has 2 aliphatic rings. The lowest BCUT2D eigenvalue weighted by molar-refractivity contribution is -0.113. The first-order valence-corrected chi connectivity index (χ1v) is 18.8. The molecule has 5 aromatic rings. The lowest BCUT2D eigenvalue weighted by Crippen LogP contribution is -2.07. The van der Waals surface area contributed by atoms with E-state index in [4.69, 9.17) is 0 Å². The van der Waals surface area contributed by atoms with Crippen molar-refractivity contribution in [2.24, 2.45) is 0 Å². The highest BCUT2D eigenvalue weighted by atomic mass is 32.1. The first kappa shape index (κ1) is 32.8. The van der Waals surface area contributed by atoms with Crippen LogP contribution in [0.5, 0.6) is 0 Å². The third-order valence-corrected chi connectivity index (χ3v) is 12.2. The molecule has 0 unspecified atom stereocenters. The van der Waals surface area contributed by atoms with Crippen molar-refractivity contribution in [2.75, 3.05) is 0 Å². The van der Waals surface area contributed by atoms with Crippen molar-refractivity contribution in [2.45, 2.75) is 41.5 Å². The van der Waals surface area contributed by atoms with Crippen LogP contribution >= 0.6 is 34.0 Å². The van der Waals surface area contributed by atoms with Crippen molar-refractivity contribution in [3.63, 3.8) is 0 Å². The van der Waals surface area contributed by atoms with Gasteiger partial charge in [0.2, 0.25) is 0 Å². The number of allylic oxidation sites excluding steroid dienone is 10. The van der Waals surface area contributed by atoms with Crippen molar-refractivity contribution < 1.29 is 9.59 Å². The summed E-state index contributed by atoms with van der Waals surface area (Å²) < 4.78 is 0. The van der Waals surface area contributed by atoms with Crippen LogP contribution in [-0.4, -0.2) is 11.6 Å². The highest BCUT2D eigenvalue weighted by molar-refractivity contribution is 7.15. The lowest BCUT2D eigenvalue weighted by atomic mass is 9.89. The van der Waals surface area contributed by atoms with Gasteiger partial charge in [-0.1, -0.05) is 48.5 Å². The van der Waals surface area contributed by atoms with Gasteiger partial charge in [-0.25, -0.2) is 0 Å². The fraction of sp³-hybridized carbons (Fsp3) is 0.136. The first-order chi connectivity index (χ1) is 23.5. The Hall–Kier alpha value is -4.68. The number of carbonyl (C=O) groups excluding carboxylic acids is 2. The zero-order chi connectivity index (χ0) is 34.4. The number of hydrogen-bond donors (Lipinski definition) is 0. The summed E-state index contributed by atoms with van der Waals surface area (Å²) in [5, 5.41) is 0. The van der Waals surface area contributed by atoms with Gasteiger partial charge in [-0.15, -0.1) is 34.0 Å². The molecule has 0 aliphatic heterocycles. The topological polar surface area (TPSA) is 34.1 Å². The number of benzene rings is 2. The number of aryl methyl sites for hydroxylation is 2. The van der Waals surface area contributed by atoms with Crippen molar-refractivity contribution in [1.29, 1.82) is 0 Å². The third-order valence-electron chi connectivity index (χ3n) is 8.99. The standard InChI is InChI=1S/C44H36O2S3/c1-25-21-35(22-26(2)43(25)45)41(33-13-9-31(10-14-33)37-17-7-29(5)47-37)39-19-20-40(49-39)42(36-23-27(3)44(46)28(4)24-36)34-15-11-32(12-16-34)38-18-8-30(6)48-38/h7-24H,1-6H3. The molecule has 2 aromatic carbocycles. The summed E-state index contributed by atoms with van der Waals surface area (Å²) in [6.45, 7) is 11.9. The highest BCUT2D eigenvalue weighted by Gasteiger charge is 2.22. The molecule has 7 rings (SSSR count). The van der Waals surface area contributed by atoms with Gasteiger partial charge in [0, 0.05) is 40.4 Å². The van der Waals surface area contributed by atoms with E-state index in [1.54, 1.807) is 34.0 Å². The van der Waals surface area contributed by atoms with Gasteiger partial charge in [0.1, 0.15) is 0 Å². The first-order valence-electron chi connectivity index (χ1n) is 16.3. The monoisotopic (exact) mass is 692 g/mol. The van der Waals surface area contributed by atoms with E-state index in [1.807, 2.05) is 52.0 Å². The Labute approximate surface area is 300 Å². The predicted molar refractivity (Wildman–Crippen MR) is 210 cm³/mol. The fourth-order valence-corrected chi connectivity index (χ4v) is 9.41. The molecule has 2 aliphatic carbocycles. The Balaban J connectivity index is 1.38. The molecule has 0 atom stereocenters. The number of thiophene rings is 3. The summed E-state index contributed by atoms with van der Waals surface area (Å²) >= 11 is 5.34. The summed E-state index contributed by atoms with van der Waals surface area (Å²) in [6, 6.07) is 30.7. The van der Waals surface area contributed by atoms with Crippen LogP contribution in [0.2, 0.25) is 0 Å². The van der Waals surface area contributed by atoms with Gasteiger partial charge in [-0.05, 0) is 158 Å². The van der Waals surface area contributed by atoms with Crippen LogP contribution in [0.3, 0.4) is 0 Å². The molecule has 0 bridgehead atoms. The van der Waals surface area contributed by atoms with Crippen LogP contribution in [0.1, 0.15) is 58.3 Å². The smallest absolute Gasteiger partial charge is 0.184 e. The van der Waals surface area contributed by atoms with Gasteiger partial charge in [0.15, 0.2) is 11.6 Å². The van der Waals surface area contributed by atoms with Crippen molar-refractivity contribution in [1.82, 2.24) is 0 Å². The van der Waals surface area contributed by atoms with E-state index in [0.29, 0.717) is 0 Å². The minimum atomic E-state index is 0.0858.